The number of hydrogen-bond acceptors (Lipinski definition) is 4. The molecular weight excluding hydrogens is 421 g/mol. The molecule has 1 aliphatic carbocycles. The van der Waals surface area contributed by atoms with E-state index < -0.39 is 28.3 Å². The second kappa shape index (κ2) is 8.05. The molecule has 2 amide bonds. The highest BCUT2D eigenvalue weighted by molar-refractivity contribution is 7.89. The fourth-order valence-electron chi connectivity index (χ4n) is 3.85. The lowest BCUT2D eigenvalue weighted by Crippen LogP contribution is -2.36. The Labute approximate surface area is 180 Å². The number of amides is 2. The Kier molecular flexibility index (Phi) is 5.57. The van der Waals surface area contributed by atoms with Gasteiger partial charge in [0, 0.05) is 24.7 Å². The number of carbonyl (C=O) groups is 2. The molecule has 1 aliphatic heterocycles. The third-order valence-electron chi connectivity index (χ3n) is 5.65. The number of fused-ring (bicyclic) bond motifs is 1. The van der Waals surface area contributed by atoms with Crippen molar-refractivity contribution in [2.45, 2.75) is 37.1 Å². The van der Waals surface area contributed by atoms with Crippen LogP contribution in [0.4, 0.5) is 15.8 Å². The van der Waals surface area contributed by atoms with E-state index in [1.54, 1.807) is 23.1 Å². The molecule has 1 heterocycles. The van der Waals surface area contributed by atoms with Crippen molar-refractivity contribution in [3.63, 3.8) is 0 Å². The van der Waals surface area contributed by atoms with Crippen molar-refractivity contribution in [3.05, 3.63) is 53.8 Å². The van der Waals surface area contributed by atoms with Gasteiger partial charge in [-0.1, -0.05) is 12.1 Å². The van der Waals surface area contributed by atoms with Gasteiger partial charge in [-0.2, -0.15) is 4.31 Å². The van der Waals surface area contributed by atoms with Gasteiger partial charge in [-0.15, -0.1) is 0 Å². The van der Waals surface area contributed by atoms with E-state index >= 15 is 0 Å². The van der Waals surface area contributed by atoms with Crippen molar-refractivity contribution in [2.24, 2.45) is 5.92 Å². The normalized spacial score (nSPS) is 18.2. The van der Waals surface area contributed by atoms with Gasteiger partial charge in [-0.3, -0.25) is 9.59 Å². The molecule has 4 rings (SSSR count). The third kappa shape index (κ3) is 4.20. The Morgan fingerprint density at radius 3 is 2.58 bits per heavy atom. The lowest BCUT2D eigenvalue weighted by Gasteiger charge is -2.23. The van der Waals surface area contributed by atoms with Gasteiger partial charge in [0.2, 0.25) is 21.8 Å². The molecule has 2 aromatic rings. The molecule has 0 aromatic heterocycles. The number of nitrogens with one attached hydrogen (secondary N) is 1. The smallest absolute Gasteiger partial charge is 0.243 e. The molecule has 0 unspecified atom stereocenters. The number of carbonyl (C=O) groups excluding carboxylic acids is 2. The fraction of sp³-hybridized carbons (Fsp3) is 0.364. The average Bonchev–Trinajstić information content (AvgIpc) is 3.51. The monoisotopic (exact) mass is 445 g/mol. The molecule has 7 nitrogen and oxygen atoms in total. The fourth-order valence-corrected chi connectivity index (χ4v) is 5.03. The van der Waals surface area contributed by atoms with Crippen LogP contribution in [0.3, 0.4) is 0 Å². The number of halogens is 1. The largest absolute Gasteiger partial charge is 0.322 e. The van der Waals surface area contributed by atoms with Crippen LogP contribution in [0, 0.1) is 11.7 Å². The Balaban J connectivity index is 1.50. The van der Waals surface area contributed by atoms with E-state index in [0.29, 0.717) is 6.42 Å². The number of anilines is 2. The summed E-state index contributed by atoms with van der Waals surface area (Å²) in [5.41, 5.74) is 1.54. The zero-order chi connectivity index (χ0) is 22.3. The predicted octanol–water partition coefficient (Wildman–Crippen LogP) is 2.77. The zero-order valence-electron chi connectivity index (χ0n) is 17.3. The molecule has 0 spiro atoms. The van der Waals surface area contributed by atoms with Gasteiger partial charge < -0.3 is 10.2 Å². The van der Waals surface area contributed by atoms with Crippen LogP contribution in [0.5, 0.6) is 0 Å². The molecule has 2 aromatic carbocycles. The second-order valence-electron chi connectivity index (χ2n) is 8.12. The van der Waals surface area contributed by atoms with Crippen molar-refractivity contribution in [2.75, 3.05) is 23.8 Å². The standard InChI is InChI=1S/C22H24FN3O4S/c1-14-11-16-12-17(9-10-20(16)26(14)22(28)15-7-8-15)31(29,30)25(2)13-21(27)24-19-6-4-3-5-18(19)23/h3-6,9-10,12,14-15H,7-8,11,13H2,1-2H3,(H,24,27)/t14-/m0/s1. The zero-order valence-corrected chi connectivity index (χ0v) is 18.2. The SMILES string of the molecule is C[C@H]1Cc2cc(S(=O)(=O)N(C)CC(=O)Nc3ccccc3F)ccc2N1C(=O)C1CC1. The van der Waals surface area contributed by atoms with Crippen LogP contribution in [0.15, 0.2) is 47.4 Å². The Hall–Kier alpha value is -2.78. The number of nitrogens with zero attached hydrogens (tertiary/aromatic N) is 2. The van der Waals surface area contributed by atoms with Gasteiger partial charge in [-0.05, 0) is 62.1 Å². The number of rotatable bonds is 6. The van der Waals surface area contributed by atoms with Crippen LogP contribution in [0.2, 0.25) is 0 Å². The Morgan fingerprint density at radius 1 is 1.19 bits per heavy atom. The topological polar surface area (TPSA) is 86.8 Å². The van der Waals surface area contributed by atoms with E-state index in [1.165, 1.54) is 31.3 Å². The van der Waals surface area contributed by atoms with Crippen molar-refractivity contribution < 1.29 is 22.4 Å². The molecule has 1 N–H and O–H groups in total. The van der Waals surface area contributed by atoms with Gasteiger partial charge in [0.05, 0.1) is 17.1 Å². The van der Waals surface area contributed by atoms with Crippen molar-refractivity contribution >= 4 is 33.2 Å². The number of sulfonamides is 1. The van der Waals surface area contributed by atoms with Crippen LogP contribution >= 0.6 is 0 Å². The summed E-state index contributed by atoms with van der Waals surface area (Å²) in [6.45, 7) is 1.49. The molecule has 1 atom stereocenters. The lowest BCUT2D eigenvalue weighted by atomic mass is 10.1. The van der Waals surface area contributed by atoms with Gasteiger partial charge in [0.1, 0.15) is 5.82 Å². The first kappa shape index (κ1) is 21.5. The van der Waals surface area contributed by atoms with Crippen molar-refractivity contribution in [3.8, 4) is 0 Å². The van der Waals surface area contributed by atoms with E-state index in [0.717, 1.165) is 28.4 Å². The van der Waals surface area contributed by atoms with Crippen molar-refractivity contribution in [1.82, 2.24) is 4.31 Å². The minimum absolute atomic E-state index is 0.00904. The first-order valence-corrected chi connectivity index (χ1v) is 11.6. The maximum Gasteiger partial charge on any atom is 0.243 e. The molecule has 31 heavy (non-hydrogen) atoms. The van der Waals surface area contributed by atoms with Crippen LogP contribution < -0.4 is 10.2 Å². The van der Waals surface area contributed by atoms with E-state index in [-0.39, 0.29) is 28.4 Å². The maximum absolute atomic E-state index is 13.7. The van der Waals surface area contributed by atoms with Crippen LogP contribution in [-0.2, 0) is 26.0 Å². The maximum atomic E-state index is 13.7. The first-order valence-electron chi connectivity index (χ1n) is 10.1. The summed E-state index contributed by atoms with van der Waals surface area (Å²) < 4.78 is 40.6. The number of para-hydroxylation sites is 1. The van der Waals surface area contributed by atoms with E-state index in [1.807, 2.05) is 6.92 Å². The van der Waals surface area contributed by atoms with Gasteiger partial charge in [0.15, 0.2) is 0 Å². The molecule has 1 fully saturated rings. The molecule has 2 aliphatic rings. The molecule has 164 valence electrons. The third-order valence-corrected chi connectivity index (χ3v) is 7.45. The van der Waals surface area contributed by atoms with Crippen LogP contribution in [0.25, 0.3) is 0 Å². The number of hydrogen-bond donors (Lipinski definition) is 1. The van der Waals surface area contributed by atoms with Gasteiger partial charge in [-0.25, -0.2) is 12.8 Å². The Morgan fingerprint density at radius 2 is 1.90 bits per heavy atom. The quantitative estimate of drug-likeness (QED) is 0.741. The van der Waals surface area contributed by atoms with Gasteiger partial charge in [0.25, 0.3) is 0 Å². The van der Waals surface area contributed by atoms with Crippen molar-refractivity contribution in [1.29, 1.82) is 0 Å². The summed E-state index contributed by atoms with van der Waals surface area (Å²) in [5.74, 6) is -1.06. The summed E-state index contributed by atoms with van der Waals surface area (Å²) in [5, 5.41) is 2.38. The van der Waals surface area contributed by atoms with E-state index in [2.05, 4.69) is 5.32 Å². The summed E-state index contributed by atoms with van der Waals surface area (Å²) in [4.78, 5) is 26.7. The van der Waals surface area contributed by atoms with Gasteiger partial charge >= 0.3 is 0 Å². The molecule has 1 saturated carbocycles. The molecule has 0 bridgehead atoms. The lowest BCUT2D eigenvalue weighted by molar-refractivity contribution is -0.120. The number of likely N-dealkylation sites (N-methyl/N-ethyl adjacent to an activating group) is 1. The second-order valence-corrected chi connectivity index (χ2v) is 10.2. The van der Waals surface area contributed by atoms with E-state index in [9.17, 15) is 22.4 Å². The molecular formula is C22H24FN3O4S. The molecule has 0 saturated heterocycles. The summed E-state index contributed by atoms with van der Waals surface area (Å²) in [7, 11) is -2.64. The summed E-state index contributed by atoms with van der Waals surface area (Å²) in [6, 6.07) is 10.4. The van der Waals surface area contributed by atoms with Crippen LogP contribution in [0.1, 0.15) is 25.3 Å². The molecule has 9 heteroatoms. The van der Waals surface area contributed by atoms with E-state index in [4.69, 9.17) is 0 Å². The minimum Gasteiger partial charge on any atom is -0.322 e. The summed E-state index contributed by atoms with van der Waals surface area (Å²) in [6.07, 6.45) is 2.39. The highest BCUT2D eigenvalue weighted by Crippen LogP contribution is 2.39. The summed E-state index contributed by atoms with van der Waals surface area (Å²) >= 11 is 0. The number of benzene rings is 2. The Bertz CT molecular complexity index is 1150. The highest BCUT2D eigenvalue weighted by Gasteiger charge is 2.40. The van der Waals surface area contributed by atoms with Crippen LogP contribution in [-0.4, -0.2) is 44.2 Å². The molecule has 0 radical (unpaired) electrons. The minimum atomic E-state index is -3.94. The predicted molar refractivity (Wildman–Crippen MR) is 115 cm³/mol. The first-order chi connectivity index (χ1) is 14.7. The highest BCUT2D eigenvalue weighted by atomic mass is 32.2. The average molecular weight is 446 g/mol.